The second kappa shape index (κ2) is 3.40. The van der Waals surface area contributed by atoms with Crippen molar-refractivity contribution in [3.8, 4) is 0 Å². The van der Waals surface area contributed by atoms with E-state index in [1.807, 2.05) is 0 Å². The van der Waals surface area contributed by atoms with Gasteiger partial charge < -0.3 is 11.1 Å². The number of halogens is 2. The number of primary amides is 1. The van der Waals surface area contributed by atoms with Crippen molar-refractivity contribution in [2.24, 2.45) is 5.73 Å². The molecule has 0 saturated carbocycles. The Kier molecular flexibility index (Phi) is 2.50. The van der Waals surface area contributed by atoms with Crippen molar-refractivity contribution in [2.45, 2.75) is 0 Å². The molecule has 0 atom stereocenters. The van der Waals surface area contributed by atoms with Gasteiger partial charge in [0, 0.05) is 10.7 Å². The Balaban J connectivity index is 2.93. The van der Waals surface area contributed by atoms with E-state index in [9.17, 15) is 9.18 Å². The zero-order chi connectivity index (χ0) is 9.14. The third-order valence-corrected chi connectivity index (χ3v) is 1.35. The van der Waals surface area contributed by atoms with E-state index in [4.69, 9.17) is 17.3 Å². The average molecular weight is 189 g/mol. The summed E-state index contributed by atoms with van der Waals surface area (Å²) in [6, 6.07) is 2.90. The normalized spacial score (nSPS) is 9.50. The van der Waals surface area contributed by atoms with E-state index in [1.54, 1.807) is 0 Å². The zero-order valence-electron chi connectivity index (χ0n) is 5.97. The van der Waals surface area contributed by atoms with Gasteiger partial charge in [0.25, 0.3) is 0 Å². The summed E-state index contributed by atoms with van der Waals surface area (Å²) in [5.41, 5.74) is 5.05. The molecule has 5 heteroatoms. The molecule has 0 heterocycles. The zero-order valence-corrected chi connectivity index (χ0v) is 6.73. The molecular formula is C7H6ClFN2O. The fraction of sp³-hybridized carbons (Fsp3) is 0. The van der Waals surface area contributed by atoms with E-state index in [1.165, 1.54) is 6.07 Å². The number of nitrogens with one attached hydrogen (secondary N) is 1. The monoisotopic (exact) mass is 188 g/mol. The van der Waals surface area contributed by atoms with E-state index in [0.717, 1.165) is 12.1 Å². The number of amides is 2. The van der Waals surface area contributed by atoms with Crippen LogP contribution in [-0.4, -0.2) is 6.03 Å². The van der Waals surface area contributed by atoms with Gasteiger partial charge in [-0.2, -0.15) is 0 Å². The van der Waals surface area contributed by atoms with Gasteiger partial charge in [-0.25, -0.2) is 9.18 Å². The number of benzene rings is 1. The lowest BCUT2D eigenvalue weighted by Crippen LogP contribution is -2.19. The first-order valence-corrected chi connectivity index (χ1v) is 3.48. The van der Waals surface area contributed by atoms with Crippen LogP contribution in [0.3, 0.4) is 0 Å². The predicted octanol–water partition coefficient (Wildman–Crippen LogP) is 1.97. The Hall–Kier alpha value is -1.29. The van der Waals surface area contributed by atoms with Crippen molar-refractivity contribution in [3.63, 3.8) is 0 Å². The maximum atomic E-state index is 12.6. The second-order valence-electron chi connectivity index (χ2n) is 2.15. The molecule has 12 heavy (non-hydrogen) atoms. The smallest absolute Gasteiger partial charge is 0.316 e. The van der Waals surface area contributed by atoms with Crippen LogP contribution in [0.1, 0.15) is 0 Å². The van der Waals surface area contributed by atoms with Crippen LogP contribution in [0.4, 0.5) is 14.9 Å². The Morgan fingerprint density at radius 1 is 1.50 bits per heavy atom. The van der Waals surface area contributed by atoms with Gasteiger partial charge in [-0.15, -0.1) is 0 Å². The van der Waals surface area contributed by atoms with E-state index < -0.39 is 11.8 Å². The van der Waals surface area contributed by atoms with Crippen molar-refractivity contribution in [1.29, 1.82) is 0 Å². The molecule has 0 unspecified atom stereocenters. The van der Waals surface area contributed by atoms with E-state index in [2.05, 4.69) is 5.32 Å². The molecule has 0 aliphatic heterocycles. The molecule has 0 fully saturated rings. The van der Waals surface area contributed by atoms with Crippen LogP contribution in [0.15, 0.2) is 18.2 Å². The quantitative estimate of drug-likeness (QED) is 0.696. The van der Waals surface area contributed by atoms with Gasteiger partial charge in [0.05, 0.1) is 0 Å². The van der Waals surface area contributed by atoms with Crippen LogP contribution < -0.4 is 11.1 Å². The number of urea groups is 1. The fourth-order valence-electron chi connectivity index (χ4n) is 0.768. The van der Waals surface area contributed by atoms with Gasteiger partial charge in [-0.1, -0.05) is 11.6 Å². The molecule has 0 spiro atoms. The number of carbonyl (C=O) groups is 1. The summed E-state index contributed by atoms with van der Waals surface area (Å²) in [4.78, 5) is 10.3. The molecule has 1 aromatic rings. The van der Waals surface area contributed by atoms with Crippen molar-refractivity contribution in [2.75, 3.05) is 5.32 Å². The maximum Gasteiger partial charge on any atom is 0.316 e. The second-order valence-corrected chi connectivity index (χ2v) is 2.58. The van der Waals surface area contributed by atoms with Gasteiger partial charge >= 0.3 is 6.03 Å². The summed E-state index contributed by atoms with van der Waals surface area (Å²) in [5.74, 6) is -0.522. The molecule has 1 aromatic carbocycles. The number of anilines is 1. The largest absolute Gasteiger partial charge is 0.351 e. The fourth-order valence-corrected chi connectivity index (χ4v) is 0.990. The Morgan fingerprint density at radius 2 is 2.17 bits per heavy atom. The van der Waals surface area contributed by atoms with Crippen molar-refractivity contribution < 1.29 is 9.18 Å². The molecule has 0 saturated heterocycles. The predicted molar refractivity (Wildman–Crippen MR) is 44.6 cm³/mol. The van der Waals surface area contributed by atoms with E-state index in [0.29, 0.717) is 0 Å². The molecule has 0 bridgehead atoms. The van der Waals surface area contributed by atoms with Crippen molar-refractivity contribution >= 4 is 23.3 Å². The molecule has 0 aliphatic rings. The average Bonchev–Trinajstić information content (AvgIpc) is 1.81. The lowest BCUT2D eigenvalue weighted by molar-refractivity contribution is 0.259. The highest BCUT2D eigenvalue weighted by Gasteiger charge is 2.00. The molecule has 64 valence electrons. The van der Waals surface area contributed by atoms with Gasteiger partial charge in [-0.3, -0.25) is 0 Å². The maximum absolute atomic E-state index is 12.6. The molecule has 2 amide bonds. The highest BCUT2D eigenvalue weighted by atomic mass is 35.5. The van der Waals surface area contributed by atoms with Crippen molar-refractivity contribution in [1.82, 2.24) is 0 Å². The molecule has 0 radical (unpaired) electrons. The standard InChI is InChI=1S/C7H6ClFN2O/c8-4-1-5(9)3-6(2-4)11-7(10)12/h1-3H,(H3,10,11,12). The first-order valence-electron chi connectivity index (χ1n) is 3.10. The van der Waals surface area contributed by atoms with Crippen LogP contribution in [0.2, 0.25) is 5.02 Å². The van der Waals surface area contributed by atoms with Gasteiger partial charge in [0.2, 0.25) is 0 Å². The first-order chi connectivity index (χ1) is 5.58. The minimum absolute atomic E-state index is 0.207. The number of carbonyl (C=O) groups excluding carboxylic acids is 1. The topological polar surface area (TPSA) is 55.1 Å². The summed E-state index contributed by atoms with van der Waals surface area (Å²) in [7, 11) is 0. The third-order valence-electron chi connectivity index (χ3n) is 1.13. The lowest BCUT2D eigenvalue weighted by atomic mass is 10.3. The highest BCUT2D eigenvalue weighted by Crippen LogP contribution is 2.17. The lowest BCUT2D eigenvalue weighted by Gasteiger charge is -2.01. The summed E-state index contributed by atoms with van der Waals surface area (Å²) in [6.45, 7) is 0. The molecule has 0 aromatic heterocycles. The molecule has 0 aliphatic carbocycles. The van der Waals surface area contributed by atoms with E-state index >= 15 is 0 Å². The van der Waals surface area contributed by atoms with Crippen LogP contribution in [0.25, 0.3) is 0 Å². The van der Waals surface area contributed by atoms with Crippen LogP contribution in [-0.2, 0) is 0 Å². The molecular weight excluding hydrogens is 183 g/mol. The Labute approximate surface area is 73.3 Å². The Bertz CT molecular complexity index is 296. The first kappa shape index (κ1) is 8.80. The molecule has 1 rings (SSSR count). The molecule has 3 nitrogen and oxygen atoms in total. The highest BCUT2D eigenvalue weighted by molar-refractivity contribution is 6.30. The van der Waals surface area contributed by atoms with Crippen LogP contribution in [0.5, 0.6) is 0 Å². The number of nitrogens with two attached hydrogens (primary N) is 1. The summed E-state index contributed by atoms with van der Waals surface area (Å²) in [6.07, 6.45) is 0. The minimum Gasteiger partial charge on any atom is -0.351 e. The van der Waals surface area contributed by atoms with Gasteiger partial charge in [0.1, 0.15) is 5.82 Å². The minimum atomic E-state index is -0.753. The number of rotatable bonds is 1. The van der Waals surface area contributed by atoms with Crippen molar-refractivity contribution in [3.05, 3.63) is 29.0 Å². The number of hydrogen-bond acceptors (Lipinski definition) is 1. The third kappa shape index (κ3) is 2.39. The SMILES string of the molecule is NC(=O)Nc1cc(F)cc(Cl)c1. The van der Waals surface area contributed by atoms with Crippen LogP contribution >= 0.6 is 11.6 Å². The summed E-state index contributed by atoms with van der Waals surface area (Å²) >= 11 is 5.50. The Morgan fingerprint density at radius 3 is 2.67 bits per heavy atom. The van der Waals surface area contributed by atoms with E-state index in [-0.39, 0.29) is 10.7 Å². The molecule has 3 N–H and O–H groups in total. The van der Waals surface area contributed by atoms with Gasteiger partial charge in [-0.05, 0) is 18.2 Å². The summed E-state index contributed by atoms with van der Waals surface area (Å²) < 4.78 is 12.6. The van der Waals surface area contributed by atoms with Crippen LogP contribution in [0, 0.1) is 5.82 Å². The summed E-state index contributed by atoms with van der Waals surface area (Å²) in [5, 5.41) is 2.41. The number of hydrogen-bond donors (Lipinski definition) is 2. The van der Waals surface area contributed by atoms with Gasteiger partial charge in [0.15, 0.2) is 0 Å².